The second-order valence-corrected chi connectivity index (χ2v) is 6.52. The summed E-state index contributed by atoms with van der Waals surface area (Å²) in [6.45, 7) is 2.26. The van der Waals surface area contributed by atoms with E-state index in [0.717, 1.165) is 37.2 Å². The summed E-state index contributed by atoms with van der Waals surface area (Å²) in [6, 6.07) is 11.9. The van der Waals surface area contributed by atoms with Crippen LogP contribution >= 0.6 is 0 Å². The fourth-order valence-electron chi connectivity index (χ4n) is 3.51. The van der Waals surface area contributed by atoms with E-state index in [0.29, 0.717) is 17.7 Å². The van der Waals surface area contributed by atoms with Crippen LogP contribution in [0, 0.1) is 10.1 Å². The minimum absolute atomic E-state index is 0.0278. The number of nitro groups is 1. The first-order valence-electron chi connectivity index (χ1n) is 8.59. The molecule has 8 heteroatoms. The Morgan fingerprint density at radius 2 is 1.88 bits per heavy atom. The maximum Gasteiger partial charge on any atom is 0.323 e. The summed E-state index contributed by atoms with van der Waals surface area (Å²) in [7, 11) is 1.94. The summed E-state index contributed by atoms with van der Waals surface area (Å²) in [4.78, 5) is 15.4. The zero-order valence-corrected chi connectivity index (χ0v) is 14.5. The molecule has 0 unspecified atom stereocenters. The SMILES string of the molecule is CN(Cc1ccccc1)c1cc(N2CCCC2)c([N+](=O)[O-])c2nonc12. The van der Waals surface area contributed by atoms with Crippen LogP contribution in [0.5, 0.6) is 0 Å². The van der Waals surface area contributed by atoms with E-state index < -0.39 is 0 Å². The molecular weight excluding hydrogens is 334 g/mol. The van der Waals surface area contributed by atoms with Crippen LogP contribution in [0.15, 0.2) is 41.0 Å². The topological polar surface area (TPSA) is 88.5 Å². The molecule has 134 valence electrons. The number of rotatable bonds is 5. The Kier molecular flexibility index (Phi) is 4.16. The fraction of sp³-hybridized carbons (Fsp3) is 0.333. The number of fused-ring (bicyclic) bond motifs is 1. The average molecular weight is 353 g/mol. The Labute approximate surface area is 150 Å². The van der Waals surface area contributed by atoms with Crippen LogP contribution in [0.2, 0.25) is 0 Å². The van der Waals surface area contributed by atoms with E-state index in [1.54, 1.807) is 0 Å². The number of hydrogen-bond acceptors (Lipinski definition) is 7. The van der Waals surface area contributed by atoms with Gasteiger partial charge in [-0.3, -0.25) is 10.1 Å². The third kappa shape index (κ3) is 2.83. The van der Waals surface area contributed by atoms with E-state index in [1.165, 1.54) is 0 Å². The molecule has 2 aromatic carbocycles. The quantitative estimate of drug-likeness (QED) is 0.513. The molecule has 4 rings (SSSR count). The van der Waals surface area contributed by atoms with Crippen LogP contribution in [-0.2, 0) is 6.54 Å². The van der Waals surface area contributed by atoms with Gasteiger partial charge in [-0.05, 0) is 34.8 Å². The molecular formula is C18H19N5O3. The molecule has 1 aliphatic rings. The third-order valence-corrected chi connectivity index (χ3v) is 4.77. The van der Waals surface area contributed by atoms with Crippen molar-refractivity contribution in [3.05, 3.63) is 52.1 Å². The molecule has 0 saturated carbocycles. The second kappa shape index (κ2) is 6.62. The Morgan fingerprint density at radius 3 is 2.58 bits per heavy atom. The van der Waals surface area contributed by atoms with Crippen LogP contribution in [0.3, 0.4) is 0 Å². The lowest BCUT2D eigenvalue weighted by atomic mass is 10.1. The van der Waals surface area contributed by atoms with Gasteiger partial charge in [0.05, 0.1) is 10.6 Å². The van der Waals surface area contributed by atoms with Crippen LogP contribution in [-0.4, -0.2) is 35.4 Å². The fourth-order valence-corrected chi connectivity index (χ4v) is 3.51. The predicted molar refractivity (Wildman–Crippen MR) is 98.5 cm³/mol. The summed E-state index contributed by atoms with van der Waals surface area (Å²) >= 11 is 0. The average Bonchev–Trinajstić information content (AvgIpc) is 3.32. The highest BCUT2D eigenvalue weighted by molar-refractivity contribution is 6.00. The van der Waals surface area contributed by atoms with Crippen molar-refractivity contribution in [2.24, 2.45) is 0 Å². The van der Waals surface area contributed by atoms with Gasteiger partial charge in [-0.2, -0.15) is 0 Å². The van der Waals surface area contributed by atoms with Crippen molar-refractivity contribution in [2.75, 3.05) is 29.9 Å². The normalized spacial score (nSPS) is 14.1. The standard InChI is InChI=1S/C18H19N5O3/c1-21(12-13-7-3-2-4-8-13)14-11-15(22-9-5-6-10-22)18(23(24)25)17-16(14)19-26-20-17/h2-4,7-8,11H,5-6,9-10,12H2,1H3. The van der Waals surface area contributed by atoms with E-state index in [2.05, 4.69) is 10.3 Å². The second-order valence-electron chi connectivity index (χ2n) is 6.52. The third-order valence-electron chi connectivity index (χ3n) is 4.77. The van der Waals surface area contributed by atoms with Crippen molar-refractivity contribution in [2.45, 2.75) is 19.4 Å². The first kappa shape index (κ1) is 16.3. The monoisotopic (exact) mass is 353 g/mol. The molecule has 1 fully saturated rings. The smallest absolute Gasteiger partial charge is 0.323 e. The van der Waals surface area contributed by atoms with Gasteiger partial charge in [0.2, 0.25) is 5.52 Å². The first-order valence-corrected chi connectivity index (χ1v) is 8.59. The van der Waals surface area contributed by atoms with Crippen LogP contribution < -0.4 is 9.80 Å². The van der Waals surface area contributed by atoms with Crippen molar-refractivity contribution < 1.29 is 9.55 Å². The highest BCUT2D eigenvalue weighted by Gasteiger charge is 2.30. The summed E-state index contributed by atoms with van der Waals surface area (Å²) < 4.78 is 4.86. The van der Waals surface area contributed by atoms with Gasteiger partial charge < -0.3 is 9.80 Å². The van der Waals surface area contributed by atoms with E-state index in [1.807, 2.05) is 53.2 Å². The lowest BCUT2D eigenvalue weighted by Crippen LogP contribution is -2.21. The molecule has 2 heterocycles. The minimum atomic E-state index is -0.388. The molecule has 1 aliphatic heterocycles. The molecule has 8 nitrogen and oxygen atoms in total. The predicted octanol–water partition coefficient (Wildman–Crippen LogP) is 3.37. The van der Waals surface area contributed by atoms with Crippen LogP contribution in [0.25, 0.3) is 11.0 Å². The van der Waals surface area contributed by atoms with Gasteiger partial charge in [-0.15, -0.1) is 0 Å². The Morgan fingerprint density at radius 1 is 1.19 bits per heavy atom. The Balaban J connectivity index is 1.82. The number of hydrogen-bond donors (Lipinski definition) is 0. The summed E-state index contributed by atoms with van der Waals surface area (Å²) in [5, 5.41) is 19.5. The molecule has 0 spiro atoms. The Hall–Kier alpha value is -3.16. The first-order chi connectivity index (χ1) is 12.6. The van der Waals surface area contributed by atoms with Crippen molar-refractivity contribution in [3.63, 3.8) is 0 Å². The van der Waals surface area contributed by atoms with Gasteiger partial charge in [0.25, 0.3) is 0 Å². The van der Waals surface area contributed by atoms with Gasteiger partial charge >= 0.3 is 5.69 Å². The lowest BCUT2D eigenvalue weighted by Gasteiger charge is -2.23. The maximum atomic E-state index is 11.7. The number of nitro benzene ring substituents is 1. The molecule has 0 atom stereocenters. The molecule has 1 saturated heterocycles. The van der Waals surface area contributed by atoms with Gasteiger partial charge in [0.1, 0.15) is 5.69 Å². The zero-order valence-electron chi connectivity index (χ0n) is 14.5. The van der Waals surface area contributed by atoms with Crippen LogP contribution in [0.4, 0.5) is 17.1 Å². The van der Waals surface area contributed by atoms with Crippen molar-refractivity contribution in [1.29, 1.82) is 0 Å². The van der Waals surface area contributed by atoms with Crippen molar-refractivity contribution in [1.82, 2.24) is 10.3 Å². The summed E-state index contributed by atoms with van der Waals surface area (Å²) in [5.74, 6) is 0. The number of anilines is 2. The molecule has 0 bridgehead atoms. The van der Waals surface area contributed by atoms with E-state index in [-0.39, 0.29) is 16.1 Å². The lowest BCUT2D eigenvalue weighted by molar-refractivity contribution is -0.382. The summed E-state index contributed by atoms with van der Waals surface area (Å²) in [5.41, 5.74) is 3.09. The maximum absolute atomic E-state index is 11.7. The number of benzene rings is 2. The molecule has 3 aromatic rings. The van der Waals surface area contributed by atoms with Crippen molar-refractivity contribution >= 4 is 28.1 Å². The number of aromatic nitrogens is 2. The zero-order chi connectivity index (χ0) is 18.1. The van der Waals surface area contributed by atoms with Gasteiger partial charge in [0.15, 0.2) is 5.52 Å². The molecule has 0 amide bonds. The van der Waals surface area contributed by atoms with Gasteiger partial charge in [-0.1, -0.05) is 30.3 Å². The van der Waals surface area contributed by atoms with E-state index in [9.17, 15) is 10.1 Å². The van der Waals surface area contributed by atoms with Crippen molar-refractivity contribution in [3.8, 4) is 0 Å². The van der Waals surface area contributed by atoms with Crippen LogP contribution in [0.1, 0.15) is 18.4 Å². The van der Waals surface area contributed by atoms with E-state index in [4.69, 9.17) is 4.63 Å². The van der Waals surface area contributed by atoms with E-state index >= 15 is 0 Å². The van der Waals surface area contributed by atoms with Gasteiger partial charge in [-0.25, -0.2) is 4.63 Å². The Bertz CT molecular complexity index is 935. The highest BCUT2D eigenvalue weighted by Crippen LogP contribution is 2.41. The molecule has 0 aliphatic carbocycles. The molecule has 0 N–H and O–H groups in total. The largest absolute Gasteiger partial charge is 0.368 e. The van der Waals surface area contributed by atoms with Gasteiger partial charge in [0, 0.05) is 26.7 Å². The highest BCUT2D eigenvalue weighted by atomic mass is 16.6. The minimum Gasteiger partial charge on any atom is -0.368 e. The molecule has 1 aromatic heterocycles. The summed E-state index contributed by atoms with van der Waals surface area (Å²) in [6.07, 6.45) is 2.06. The number of nitrogens with zero attached hydrogens (tertiary/aromatic N) is 5. The molecule has 26 heavy (non-hydrogen) atoms. The molecule has 0 radical (unpaired) electrons.